The van der Waals surface area contributed by atoms with Crippen LogP contribution in [0, 0.1) is 6.92 Å². The second kappa shape index (κ2) is 6.57. The van der Waals surface area contributed by atoms with Crippen molar-refractivity contribution in [3.05, 3.63) is 57.5 Å². The van der Waals surface area contributed by atoms with E-state index in [1.807, 2.05) is 13.0 Å². The Labute approximate surface area is 144 Å². The fourth-order valence-electron chi connectivity index (χ4n) is 2.41. The van der Waals surface area contributed by atoms with E-state index in [0.717, 1.165) is 5.69 Å². The summed E-state index contributed by atoms with van der Waals surface area (Å²) in [6.07, 6.45) is -0.104. The van der Waals surface area contributed by atoms with Gasteiger partial charge in [-0.15, -0.1) is 0 Å². The molecule has 1 saturated heterocycles. The monoisotopic (exact) mass is 347 g/mol. The van der Waals surface area contributed by atoms with Crippen molar-refractivity contribution in [1.29, 1.82) is 0 Å². The number of ether oxygens (including phenoxy) is 1. The lowest BCUT2D eigenvalue weighted by molar-refractivity contribution is 0.0490. The molecule has 7 heteroatoms. The molecule has 2 aromatic rings. The molecule has 3 rings (SSSR count). The second-order valence-corrected chi connectivity index (χ2v) is 6.25. The summed E-state index contributed by atoms with van der Waals surface area (Å²) < 4.78 is 7.32. The lowest BCUT2D eigenvalue weighted by Gasteiger charge is -2.38. The molecule has 2 heterocycles. The number of carbonyl (C=O) groups excluding carboxylic acids is 1. The smallest absolute Gasteiger partial charge is 0.322 e. The van der Waals surface area contributed by atoms with Crippen LogP contribution in [0.1, 0.15) is 5.69 Å². The molecular weight excluding hydrogens is 330 g/mol. The molecule has 6 nitrogen and oxygen atoms in total. The first-order valence-electron chi connectivity index (χ1n) is 7.58. The van der Waals surface area contributed by atoms with Gasteiger partial charge in [0, 0.05) is 29.5 Å². The number of hydrogen-bond acceptors (Lipinski definition) is 3. The van der Waals surface area contributed by atoms with Gasteiger partial charge < -0.3 is 19.5 Å². The fraction of sp³-hybridized carbons (Fsp3) is 0.294. The zero-order valence-corrected chi connectivity index (χ0v) is 14.2. The van der Waals surface area contributed by atoms with Crippen molar-refractivity contribution in [2.24, 2.45) is 7.05 Å². The van der Waals surface area contributed by atoms with Crippen LogP contribution in [0.25, 0.3) is 0 Å². The first kappa shape index (κ1) is 16.4. The van der Waals surface area contributed by atoms with Gasteiger partial charge in [0.2, 0.25) is 0 Å². The van der Waals surface area contributed by atoms with Crippen LogP contribution in [0.15, 0.2) is 41.2 Å². The van der Waals surface area contributed by atoms with Gasteiger partial charge in [-0.2, -0.15) is 0 Å². The van der Waals surface area contributed by atoms with Gasteiger partial charge in [-0.05, 0) is 37.3 Å². The molecule has 126 valence electrons. The summed E-state index contributed by atoms with van der Waals surface area (Å²) in [6.45, 7) is 2.81. The molecule has 0 atom stereocenters. The average Bonchev–Trinajstić information content (AvgIpc) is 2.50. The van der Waals surface area contributed by atoms with Gasteiger partial charge in [-0.1, -0.05) is 11.6 Å². The van der Waals surface area contributed by atoms with Gasteiger partial charge in [0.05, 0.1) is 13.1 Å². The highest BCUT2D eigenvalue weighted by Gasteiger charge is 2.32. The summed E-state index contributed by atoms with van der Waals surface area (Å²) in [4.78, 5) is 25.5. The number of benzene rings is 1. The quantitative estimate of drug-likeness (QED) is 0.928. The van der Waals surface area contributed by atoms with Gasteiger partial charge in [-0.25, -0.2) is 4.79 Å². The number of aryl methyl sites for hydroxylation is 1. The van der Waals surface area contributed by atoms with E-state index < -0.39 is 0 Å². The Bertz CT molecular complexity index is 811. The molecule has 0 spiro atoms. The van der Waals surface area contributed by atoms with E-state index >= 15 is 0 Å². The number of anilines is 1. The minimum atomic E-state index is -0.183. The summed E-state index contributed by atoms with van der Waals surface area (Å²) in [7, 11) is 1.72. The number of nitrogens with zero attached hydrogens (tertiary/aromatic N) is 2. The van der Waals surface area contributed by atoms with Crippen LogP contribution in [-0.2, 0) is 7.05 Å². The van der Waals surface area contributed by atoms with Crippen LogP contribution in [0.4, 0.5) is 10.5 Å². The normalized spacial score (nSPS) is 14.2. The van der Waals surface area contributed by atoms with E-state index in [1.54, 1.807) is 40.8 Å². The molecule has 0 bridgehead atoms. The summed E-state index contributed by atoms with van der Waals surface area (Å²) >= 11 is 5.81. The molecule has 1 aliphatic rings. The third-order valence-electron chi connectivity index (χ3n) is 4.01. The van der Waals surface area contributed by atoms with E-state index in [9.17, 15) is 9.59 Å². The van der Waals surface area contributed by atoms with Crippen molar-refractivity contribution < 1.29 is 9.53 Å². The lowest BCUT2D eigenvalue weighted by atomic mass is 10.2. The van der Waals surface area contributed by atoms with Crippen LogP contribution in [0.5, 0.6) is 5.75 Å². The molecule has 1 aliphatic heterocycles. The van der Waals surface area contributed by atoms with Crippen LogP contribution in [0.2, 0.25) is 5.02 Å². The summed E-state index contributed by atoms with van der Waals surface area (Å²) in [5.41, 5.74) is 1.41. The standard InChI is InChI=1S/C17H18ClN3O3/c1-11-7-14(8-16(22)20(11)2)24-15-9-21(10-15)17(23)19-13-5-3-12(18)4-6-13/h3-8,15H,9-10H2,1-2H3,(H,19,23). The summed E-state index contributed by atoms with van der Waals surface area (Å²) in [6, 6.07) is 10.0. The van der Waals surface area contributed by atoms with Gasteiger partial charge >= 0.3 is 6.03 Å². The first-order valence-corrected chi connectivity index (χ1v) is 7.96. The van der Waals surface area contributed by atoms with Crippen LogP contribution in [0.3, 0.4) is 0 Å². The third-order valence-corrected chi connectivity index (χ3v) is 4.26. The highest BCUT2D eigenvalue weighted by molar-refractivity contribution is 6.30. The lowest BCUT2D eigenvalue weighted by Crippen LogP contribution is -2.57. The number of rotatable bonds is 3. The Hall–Kier alpha value is -2.47. The predicted octanol–water partition coefficient (Wildman–Crippen LogP) is 2.64. The number of hydrogen-bond donors (Lipinski definition) is 1. The SMILES string of the molecule is Cc1cc(OC2CN(C(=O)Nc3ccc(Cl)cc3)C2)cc(=O)n1C. The maximum atomic E-state index is 12.1. The predicted molar refractivity (Wildman–Crippen MR) is 92.9 cm³/mol. The third kappa shape index (κ3) is 3.54. The largest absolute Gasteiger partial charge is 0.486 e. The Balaban J connectivity index is 1.53. The van der Waals surface area contributed by atoms with Crippen molar-refractivity contribution >= 4 is 23.3 Å². The molecule has 1 aromatic heterocycles. The Morgan fingerprint density at radius 2 is 1.92 bits per heavy atom. The van der Waals surface area contributed by atoms with Crippen molar-refractivity contribution in [3.63, 3.8) is 0 Å². The molecular formula is C17H18ClN3O3. The first-order chi connectivity index (χ1) is 11.4. The number of halogens is 1. The van der Waals surface area contributed by atoms with Gasteiger partial charge in [0.1, 0.15) is 11.9 Å². The van der Waals surface area contributed by atoms with Crippen molar-refractivity contribution in [1.82, 2.24) is 9.47 Å². The van der Waals surface area contributed by atoms with Crippen LogP contribution >= 0.6 is 11.6 Å². The molecule has 24 heavy (non-hydrogen) atoms. The summed E-state index contributed by atoms with van der Waals surface area (Å²) in [5, 5.41) is 3.42. The molecule has 0 saturated carbocycles. The van der Waals surface area contributed by atoms with Crippen LogP contribution in [-0.4, -0.2) is 34.7 Å². The van der Waals surface area contributed by atoms with Gasteiger partial charge in [0.25, 0.3) is 5.56 Å². The van der Waals surface area contributed by atoms with E-state index in [-0.39, 0.29) is 17.7 Å². The van der Waals surface area contributed by atoms with Crippen molar-refractivity contribution in [2.75, 3.05) is 18.4 Å². The number of pyridine rings is 1. The average molecular weight is 348 g/mol. The maximum absolute atomic E-state index is 12.1. The fourth-order valence-corrected chi connectivity index (χ4v) is 2.54. The molecule has 1 aromatic carbocycles. The minimum absolute atomic E-state index is 0.104. The van der Waals surface area contributed by atoms with Gasteiger partial charge in [0.15, 0.2) is 0 Å². The highest BCUT2D eigenvalue weighted by atomic mass is 35.5. The number of carbonyl (C=O) groups is 1. The molecule has 1 N–H and O–H groups in total. The maximum Gasteiger partial charge on any atom is 0.322 e. The minimum Gasteiger partial charge on any atom is -0.486 e. The van der Waals surface area contributed by atoms with E-state index in [1.165, 1.54) is 6.07 Å². The van der Waals surface area contributed by atoms with E-state index in [0.29, 0.717) is 29.5 Å². The van der Waals surface area contributed by atoms with E-state index in [2.05, 4.69) is 5.32 Å². The topological polar surface area (TPSA) is 63.6 Å². The molecule has 0 radical (unpaired) electrons. The number of nitrogens with one attached hydrogen (secondary N) is 1. The summed E-state index contributed by atoms with van der Waals surface area (Å²) in [5.74, 6) is 0.540. The highest BCUT2D eigenvalue weighted by Crippen LogP contribution is 2.19. The second-order valence-electron chi connectivity index (χ2n) is 5.81. The number of aromatic nitrogens is 1. The zero-order chi connectivity index (χ0) is 17.3. The molecule has 2 amide bonds. The van der Waals surface area contributed by atoms with Crippen molar-refractivity contribution in [2.45, 2.75) is 13.0 Å². The van der Waals surface area contributed by atoms with Crippen LogP contribution < -0.4 is 15.6 Å². The molecule has 0 unspecified atom stereocenters. The number of urea groups is 1. The Morgan fingerprint density at radius 3 is 2.54 bits per heavy atom. The Morgan fingerprint density at radius 1 is 1.25 bits per heavy atom. The molecule has 1 fully saturated rings. The number of amides is 2. The van der Waals surface area contributed by atoms with Crippen molar-refractivity contribution in [3.8, 4) is 5.75 Å². The van der Waals surface area contributed by atoms with E-state index in [4.69, 9.17) is 16.3 Å². The Kier molecular flexibility index (Phi) is 4.49. The zero-order valence-electron chi connectivity index (χ0n) is 13.5. The van der Waals surface area contributed by atoms with Gasteiger partial charge in [-0.3, -0.25) is 4.79 Å². The number of likely N-dealkylation sites (tertiary alicyclic amines) is 1. The molecule has 0 aliphatic carbocycles.